The Hall–Kier alpha value is -2.60. The summed E-state index contributed by atoms with van der Waals surface area (Å²) < 4.78 is 20.2. The summed E-state index contributed by atoms with van der Waals surface area (Å²) in [4.78, 5) is 25.4. The summed E-state index contributed by atoms with van der Waals surface area (Å²) >= 11 is 6.06. The van der Waals surface area contributed by atoms with Gasteiger partial charge in [0.15, 0.2) is 6.10 Å². The van der Waals surface area contributed by atoms with Crippen LogP contribution in [0, 0.1) is 5.82 Å². The van der Waals surface area contributed by atoms with Crippen molar-refractivity contribution in [3.8, 4) is 16.9 Å². The lowest BCUT2D eigenvalue weighted by molar-refractivity contribution is -0.144. The van der Waals surface area contributed by atoms with Crippen molar-refractivity contribution in [3.05, 3.63) is 52.8 Å². The maximum absolute atomic E-state index is 14.8. The number of likely N-dealkylation sites (tertiary alicyclic amines) is 1. The highest BCUT2D eigenvalue weighted by Gasteiger charge is 2.28. The minimum atomic E-state index is -1.12. The predicted molar refractivity (Wildman–Crippen MR) is 104 cm³/mol. The lowest BCUT2D eigenvalue weighted by atomic mass is 10.0. The van der Waals surface area contributed by atoms with E-state index in [1.807, 2.05) is 6.92 Å². The highest BCUT2D eigenvalue weighted by atomic mass is 35.5. The van der Waals surface area contributed by atoms with Crippen LogP contribution in [0.4, 0.5) is 4.39 Å². The summed E-state index contributed by atoms with van der Waals surface area (Å²) in [7, 11) is 0. The van der Waals surface area contributed by atoms with E-state index in [2.05, 4.69) is 0 Å². The summed E-state index contributed by atoms with van der Waals surface area (Å²) in [5, 5.41) is 9.47. The molecule has 0 saturated carbocycles. The van der Waals surface area contributed by atoms with E-state index in [0.717, 1.165) is 12.8 Å². The van der Waals surface area contributed by atoms with E-state index in [4.69, 9.17) is 21.4 Å². The number of carboxylic acid groups (broad SMARTS) is 1. The average molecular weight is 406 g/mol. The molecule has 5 nitrogen and oxygen atoms in total. The number of rotatable bonds is 5. The maximum Gasteiger partial charge on any atom is 0.344 e. The molecule has 2 aromatic carbocycles. The van der Waals surface area contributed by atoms with Crippen molar-refractivity contribution in [2.24, 2.45) is 0 Å². The zero-order valence-electron chi connectivity index (χ0n) is 15.6. The van der Waals surface area contributed by atoms with Crippen LogP contribution in [0.3, 0.4) is 0 Å². The first-order chi connectivity index (χ1) is 13.3. The molecular formula is C21H21ClFNO4. The molecule has 0 bridgehead atoms. The van der Waals surface area contributed by atoms with Gasteiger partial charge in [-0.05, 0) is 62.6 Å². The standard InChI is InChI=1S/C21H21ClFNO4/c1-12-4-3-9-24(12)20(25)16-7-5-14(10-18(16)23)17-11-15(22)6-8-19(17)28-13(2)21(26)27/h5-8,10-13H,3-4,9H2,1-2H3,(H,26,27)/t12?,13-/m0/s1. The molecule has 0 aromatic heterocycles. The molecule has 1 amide bonds. The molecule has 7 heteroatoms. The number of hydrogen-bond donors (Lipinski definition) is 1. The lowest BCUT2D eigenvalue weighted by Crippen LogP contribution is -2.34. The lowest BCUT2D eigenvalue weighted by Gasteiger charge is -2.22. The largest absolute Gasteiger partial charge is 0.479 e. The van der Waals surface area contributed by atoms with Crippen LogP contribution in [0.25, 0.3) is 11.1 Å². The number of hydrogen-bond acceptors (Lipinski definition) is 3. The topological polar surface area (TPSA) is 66.8 Å². The first-order valence-corrected chi connectivity index (χ1v) is 9.45. The van der Waals surface area contributed by atoms with Crippen molar-refractivity contribution in [1.29, 1.82) is 0 Å². The Labute approximate surface area is 167 Å². The molecule has 2 aromatic rings. The van der Waals surface area contributed by atoms with E-state index in [-0.39, 0.29) is 23.3 Å². The van der Waals surface area contributed by atoms with Crippen LogP contribution in [-0.4, -0.2) is 40.6 Å². The number of halogens is 2. The summed E-state index contributed by atoms with van der Waals surface area (Å²) in [6.45, 7) is 3.98. The normalized spacial score (nSPS) is 17.4. The second-order valence-corrected chi connectivity index (χ2v) is 7.36. The molecule has 1 aliphatic heterocycles. The third-order valence-corrected chi connectivity index (χ3v) is 5.15. The molecule has 1 saturated heterocycles. The van der Waals surface area contributed by atoms with E-state index in [1.54, 1.807) is 29.2 Å². The van der Waals surface area contributed by atoms with Crippen molar-refractivity contribution >= 4 is 23.5 Å². The van der Waals surface area contributed by atoms with E-state index >= 15 is 0 Å². The second kappa shape index (κ2) is 8.19. The summed E-state index contributed by atoms with van der Waals surface area (Å²) in [5.74, 6) is -1.81. The average Bonchev–Trinajstić information content (AvgIpc) is 3.08. The summed E-state index contributed by atoms with van der Waals surface area (Å²) in [6.07, 6.45) is 0.746. The van der Waals surface area contributed by atoms with Crippen molar-refractivity contribution in [2.75, 3.05) is 6.54 Å². The smallest absolute Gasteiger partial charge is 0.344 e. The van der Waals surface area contributed by atoms with E-state index < -0.39 is 17.9 Å². The molecule has 1 aliphatic rings. The van der Waals surface area contributed by atoms with E-state index in [0.29, 0.717) is 22.7 Å². The monoisotopic (exact) mass is 405 g/mol. The van der Waals surface area contributed by atoms with Gasteiger partial charge in [-0.2, -0.15) is 0 Å². The van der Waals surface area contributed by atoms with Crippen LogP contribution >= 0.6 is 11.6 Å². The number of benzene rings is 2. The highest BCUT2D eigenvalue weighted by molar-refractivity contribution is 6.31. The minimum Gasteiger partial charge on any atom is -0.479 e. The zero-order chi connectivity index (χ0) is 20.4. The van der Waals surface area contributed by atoms with Gasteiger partial charge in [-0.3, -0.25) is 4.79 Å². The van der Waals surface area contributed by atoms with Gasteiger partial charge in [-0.25, -0.2) is 9.18 Å². The van der Waals surface area contributed by atoms with Crippen molar-refractivity contribution < 1.29 is 23.8 Å². The van der Waals surface area contributed by atoms with Crippen LogP contribution < -0.4 is 4.74 Å². The fourth-order valence-corrected chi connectivity index (χ4v) is 3.49. The molecule has 1 unspecified atom stereocenters. The zero-order valence-corrected chi connectivity index (χ0v) is 16.4. The van der Waals surface area contributed by atoms with Gasteiger partial charge in [0, 0.05) is 23.2 Å². The molecule has 3 rings (SSSR count). The fraction of sp³-hybridized carbons (Fsp3) is 0.333. The van der Waals surface area contributed by atoms with Crippen LogP contribution in [0.1, 0.15) is 37.0 Å². The van der Waals surface area contributed by atoms with Crippen LogP contribution in [-0.2, 0) is 4.79 Å². The molecular weight excluding hydrogens is 385 g/mol. The Morgan fingerprint density at radius 3 is 2.64 bits per heavy atom. The molecule has 0 spiro atoms. The highest BCUT2D eigenvalue weighted by Crippen LogP contribution is 2.34. The van der Waals surface area contributed by atoms with E-state index in [9.17, 15) is 14.0 Å². The Bertz CT molecular complexity index is 917. The van der Waals surface area contributed by atoms with Gasteiger partial charge in [0.05, 0.1) is 5.56 Å². The van der Waals surface area contributed by atoms with Crippen molar-refractivity contribution in [1.82, 2.24) is 4.90 Å². The minimum absolute atomic E-state index is 0.0147. The third-order valence-electron chi connectivity index (χ3n) is 4.92. The van der Waals surface area contributed by atoms with Crippen molar-refractivity contribution in [3.63, 3.8) is 0 Å². The number of carbonyl (C=O) groups is 2. The molecule has 1 heterocycles. The molecule has 0 aliphatic carbocycles. The van der Waals surface area contributed by atoms with Gasteiger partial charge in [0.2, 0.25) is 0 Å². The first kappa shape index (κ1) is 20.1. The van der Waals surface area contributed by atoms with Gasteiger partial charge in [-0.15, -0.1) is 0 Å². The Morgan fingerprint density at radius 1 is 1.29 bits per heavy atom. The fourth-order valence-electron chi connectivity index (χ4n) is 3.32. The van der Waals surface area contributed by atoms with Crippen molar-refractivity contribution in [2.45, 2.75) is 38.8 Å². The molecule has 1 N–H and O–H groups in total. The van der Waals surface area contributed by atoms with E-state index in [1.165, 1.54) is 19.1 Å². The molecule has 148 valence electrons. The third kappa shape index (κ3) is 4.12. The predicted octanol–water partition coefficient (Wildman–Crippen LogP) is 4.62. The van der Waals surface area contributed by atoms with Crippen LogP contribution in [0.15, 0.2) is 36.4 Å². The Balaban J connectivity index is 1.94. The van der Waals surface area contributed by atoms with Gasteiger partial charge >= 0.3 is 5.97 Å². The summed E-state index contributed by atoms with van der Waals surface area (Å²) in [5.41, 5.74) is 0.910. The van der Waals surface area contributed by atoms with Gasteiger partial charge in [0.25, 0.3) is 5.91 Å². The molecule has 2 atom stereocenters. The first-order valence-electron chi connectivity index (χ1n) is 9.08. The number of aliphatic carboxylic acids is 1. The molecule has 0 radical (unpaired) electrons. The number of ether oxygens (including phenoxy) is 1. The van der Waals surface area contributed by atoms with Gasteiger partial charge in [0.1, 0.15) is 11.6 Å². The van der Waals surface area contributed by atoms with Gasteiger partial charge in [-0.1, -0.05) is 17.7 Å². The number of nitrogens with zero attached hydrogens (tertiary/aromatic N) is 1. The second-order valence-electron chi connectivity index (χ2n) is 6.92. The Kier molecular flexibility index (Phi) is 5.89. The number of carbonyl (C=O) groups excluding carboxylic acids is 1. The SMILES string of the molecule is CC1CCCN1C(=O)c1ccc(-c2cc(Cl)ccc2O[C@@H](C)C(=O)O)cc1F. The van der Waals surface area contributed by atoms with Crippen LogP contribution in [0.5, 0.6) is 5.75 Å². The quantitative estimate of drug-likeness (QED) is 0.788. The number of carboxylic acids is 1. The summed E-state index contributed by atoms with van der Waals surface area (Å²) in [6, 6.07) is 9.09. The number of amides is 1. The molecule has 1 fully saturated rings. The van der Waals surface area contributed by atoms with Gasteiger partial charge < -0.3 is 14.7 Å². The maximum atomic E-state index is 14.8. The van der Waals surface area contributed by atoms with Crippen LogP contribution in [0.2, 0.25) is 5.02 Å². The Morgan fingerprint density at radius 2 is 2.04 bits per heavy atom. The molecule has 28 heavy (non-hydrogen) atoms.